The summed E-state index contributed by atoms with van der Waals surface area (Å²) in [6.07, 6.45) is -0.150. The van der Waals surface area contributed by atoms with E-state index in [1.807, 2.05) is 38.1 Å². The molecule has 0 heterocycles. The lowest BCUT2D eigenvalue weighted by molar-refractivity contribution is -0.131. The maximum Gasteiger partial charge on any atom is 0.239 e. The van der Waals surface area contributed by atoms with Gasteiger partial charge in [-0.15, -0.1) is 0 Å². The predicted molar refractivity (Wildman–Crippen MR) is 86.7 cm³/mol. The first-order valence-corrected chi connectivity index (χ1v) is 7.47. The minimum absolute atomic E-state index is 0.0206. The maximum absolute atomic E-state index is 11.7. The van der Waals surface area contributed by atoms with Crippen molar-refractivity contribution in [3.63, 3.8) is 0 Å². The van der Waals surface area contributed by atoms with Gasteiger partial charge in [0.05, 0.1) is 13.1 Å². The molecule has 2 amide bonds. The van der Waals surface area contributed by atoms with E-state index in [1.54, 1.807) is 20.8 Å². The van der Waals surface area contributed by atoms with Gasteiger partial charge < -0.3 is 15.4 Å². The first-order valence-electron chi connectivity index (χ1n) is 7.47. The van der Waals surface area contributed by atoms with Gasteiger partial charge >= 0.3 is 0 Å². The van der Waals surface area contributed by atoms with Gasteiger partial charge in [0.2, 0.25) is 11.8 Å². The van der Waals surface area contributed by atoms with Gasteiger partial charge in [0.25, 0.3) is 0 Å². The maximum atomic E-state index is 11.7. The average molecular weight is 306 g/mol. The molecule has 0 fully saturated rings. The number of benzene rings is 1. The van der Waals surface area contributed by atoms with Crippen molar-refractivity contribution >= 4 is 11.8 Å². The van der Waals surface area contributed by atoms with Gasteiger partial charge in [-0.3, -0.25) is 9.59 Å². The topological polar surface area (TPSA) is 67.4 Å². The van der Waals surface area contributed by atoms with E-state index in [0.29, 0.717) is 6.54 Å². The van der Waals surface area contributed by atoms with Crippen LogP contribution in [0.25, 0.3) is 0 Å². The second-order valence-corrected chi connectivity index (χ2v) is 6.43. The molecule has 0 aromatic heterocycles. The van der Waals surface area contributed by atoms with Crippen molar-refractivity contribution in [1.29, 1.82) is 0 Å². The SMILES string of the molecule is Cc1ccccc1OC(C)CNC(=O)CNC(=O)C(C)(C)C. The molecule has 1 unspecified atom stereocenters. The zero-order chi connectivity index (χ0) is 16.8. The molecule has 0 saturated carbocycles. The van der Waals surface area contributed by atoms with E-state index in [-0.39, 0.29) is 24.5 Å². The van der Waals surface area contributed by atoms with E-state index in [0.717, 1.165) is 11.3 Å². The van der Waals surface area contributed by atoms with Gasteiger partial charge in [0, 0.05) is 5.41 Å². The van der Waals surface area contributed by atoms with Crippen LogP contribution in [0.15, 0.2) is 24.3 Å². The van der Waals surface area contributed by atoms with Crippen molar-refractivity contribution in [2.24, 2.45) is 5.41 Å². The van der Waals surface area contributed by atoms with Gasteiger partial charge in [0.15, 0.2) is 0 Å². The van der Waals surface area contributed by atoms with Gasteiger partial charge in [-0.1, -0.05) is 39.0 Å². The summed E-state index contributed by atoms with van der Waals surface area (Å²) in [6.45, 7) is 9.64. The normalized spacial score (nSPS) is 12.4. The Morgan fingerprint density at radius 3 is 2.41 bits per heavy atom. The second kappa shape index (κ2) is 7.82. The molecule has 0 aliphatic carbocycles. The number of carbonyl (C=O) groups is 2. The van der Waals surface area contributed by atoms with Crippen LogP contribution in [0.2, 0.25) is 0 Å². The zero-order valence-corrected chi connectivity index (χ0v) is 14.0. The van der Waals surface area contributed by atoms with E-state index < -0.39 is 5.41 Å². The van der Waals surface area contributed by atoms with Gasteiger partial charge in [0.1, 0.15) is 11.9 Å². The third-order valence-electron chi connectivity index (χ3n) is 3.10. The van der Waals surface area contributed by atoms with Crippen LogP contribution in [-0.4, -0.2) is 31.0 Å². The number of ether oxygens (including phenoxy) is 1. The monoisotopic (exact) mass is 306 g/mol. The summed E-state index contributed by atoms with van der Waals surface area (Å²) in [5.74, 6) is 0.440. The van der Waals surface area contributed by atoms with Crippen LogP contribution in [0.1, 0.15) is 33.3 Å². The molecule has 5 nitrogen and oxygen atoms in total. The van der Waals surface area contributed by atoms with Crippen molar-refractivity contribution in [1.82, 2.24) is 10.6 Å². The Bertz CT molecular complexity index is 521. The molecule has 0 spiro atoms. The molecule has 1 atom stereocenters. The molecule has 1 rings (SSSR count). The fourth-order valence-electron chi connectivity index (χ4n) is 1.69. The second-order valence-electron chi connectivity index (χ2n) is 6.43. The summed E-state index contributed by atoms with van der Waals surface area (Å²) in [7, 11) is 0. The highest BCUT2D eigenvalue weighted by atomic mass is 16.5. The van der Waals surface area contributed by atoms with Crippen LogP contribution in [0, 0.1) is 12.3 Å². The summed E-state index contributed by atoms with van der Waals surface area (Å²) >= 11 is 0. The van der Waals surface area contributed by atoms with Crippen molar-refractivity contribution in [3.8, 4) is 5.75 Å². The molecule has 22 heavy (non-hydrogen) atoms. The Labute approximate surface area is 132 Å². The summed E-state index contributed by atoms with van der Waals surface area (Å²) < 4.78 is 5.77. The number of amides is 2. The summed E-state index contributed by atoms with van der Waals surface area (Å²) in [4.78, 5) is 23.4. The van der Waals surface area contributed by atoms with Crippen LogP contribution in [0.4, 0.5) is 0 Å². The summed E-state index contributed by atoms with van der Waals surface area (Å²) in [6, 6.07) is 7.74. The third kappa shape index (κ3) is 6.16. The highest BCUT2D eigenvalue weighted by molar-refractivity contribution is 5.87. The first-order chi connectivity index (χ1) is 10.2. The largest absolute Gasteiger partial charge is 0.489 e. The van der Waals surface area contributed by atoms with E-state index in [1.165, 1.54) is 0 Å². The third-order valence-corrected chi connectivity index (χ3v) is 3.10. The molecule has 122 valence electrons. The summed E-state index contributed by atoms with van der Waals surface area (Å²) in [5, 5.41) is 5.36. The lowest BCUT2D eigenvalue weighted by Gasteiger charge is -2.19. The molecule has 1 aromatic carbocycles. The molecule has 5 heteroatoms. The van der Waals surface area contributed by atoms with Crippen LogP contribution < -0.4 is 15.4 Å². The number of carbonyl (C=O) groups excluding carboxylic acids is 2. The van der Waals surface area contributed by atoms with Gasteiger partial charge in [-0.25, -0.2) is 0 Å². The van der Waals surface area contributed by atoms with Crippen LogP contribution in [0.3, 0.4) is 0 Å². The van der Waals surface area contributed by atoms with Crippen molar-refractivity contribution < 1.29 is 14.3 Å². The fraction of sp³-hybridized carbons (Fsp3) is 0.529. The Kier molecular flexibility index (Phi) is 6.40. The molecule has 0 aliphatic heterocycles. The Hall–Kier alpha value is -2.04. The van der Waals surface area contributed by atoms with Gasteiger partial charge in [-0.05, 0) is 25.5 Å². The van der Waals surface area contributed by atoms with Crippen molar-refractivity contribution in [2.75, 3.05) is 13.1 Å². The highest BCUT2D eigenvalue weighted by Crippen LogP contribution is 2.17. The smallest absolute Gasteiger partial charge is 0.239 e. The standard InChI is InChI=1S/C17H26N2O3/c1-12-8-6-7-9-14(12)22-13(2)10-18-15(20)11-19-16(21)17(3,4)5/h6-9,13H,10-11H2,1-5H3,(H,18,20)(H,19,21). The Morgan fingerprint density at radius 1 is 1.18 bits per heavy atom. The highest BCUT2D eigenvalue weighted by Gasteiger charge is 2.21. The van der Waals surface area contributed by atoms with E-state index >= 15 is 0 Å². The molecule has 2 N–H and O–H groups in total. The molecule has 1 aromatic rings. The van der Waals surface area contributed by atoms with Crippen LogP contribution >= 0.6 is 0 Å². The minimum atomic E-state index is -0.498. The minimum Gasteiger partial charge on any atom is -0.489 e. The average Bonchev–Trinajstić information content (AvgIpc) is 2.44. The number of para-hydroxylation sites is 1. The molecule has 0 bridgehead atoms. The molecule has 0 radical (unpaired) electrons. The molecular formula is C17H26N2O3. The predicted octanol–water partition coefficient (Wildman–Crippen LogP) is 2.04. The number of hydrogen-bond acceptors (Lipinski definition) is 3. The van der Waals surface area contributed by atoms with Crippen LogP contribution in [0.5, 0.6) is 5.75 Å². The molecular weight excluding hydrogens is 280 g/mol. The first kappa shape index (κ1) is 18.0. The number of nitrogens with one attached hydrogen (secondary N) is 2. The summed E-state index contributed by atoms with van der Waals surface area (Å²) in [5.41, 5.74) is 0.555. The Morgan fingerprint density at radius 2 is 1.82 bits per heavy atom. The quantitative estimate of drug-likeness (QED) is 0.845. The lowest BCUT2D eigenvalue weighted by atomic mass is 9.96. The number of hydrogen-bond donors (Lipinski definition) is 2. The van der Waals surface area contributed by atoms with E-state index in [4.69, 9.17) is 4.74 Å². The Balaban J connectivity index is 2.32. The lowest BCUT2D eigenvalue weighted by Crippen LogP contribution is -2.43. The fourth-order valence-corrected chi connectivity index (χ4v) is 1.69. The zero-order valence-electron chi connectivity index (χ0n) is 14.0. The van der Waals surface area contributed by atoms with Crippen molar-refractivity contribution in [2.45, 2.75) is 40.7 Å². The van der Waals surface area contributed by atoms with Crippen LogP contribution in [-0.2, 0) is 9.59 Å². The van der Waals surface area contributed by atoms with E-state index in [9.17, 15) is 9.59 Å². The van der Waals surface area contributed by atoms with Gasteiger partial charge in [-0.2, -0.15) is 0 Å². The molecule has 0 saturated heterocycles. The van der Waals surface area contributed by atoms with Crippen molar-refractivity contribution in [3.05, 3.63) is 29.8 Å². The number of rotatable bonds is 6. The number of aryl methyl sites for hydroxylation is 1. The van der Waals surface area contributed by atoms with E-state index in [2.05, 4.69) is 10.6 Å². The molecule has 0 aliphatic rings.